The molecule has 1 aliphatic heterocycles. The van der Waals surface area contributed by atoms with Crippen molar-refractivity contribution in [3.63, 3.8) is 0 Å². The molecule has 21 heavy (non-hydrogen) atoms. The van der Waals surface area contributed by atoms with Gasteiger partial charge in [-0.1, -0.05) is 11.8 Å². The van der Waals surface area contributed by atoms with Crippen LogP contribution in [0.5, 0.6) is 5.75 Å². The van der Waals surface area contributed by atoms with Gasteiger partial charge in [0.15, 0.2) is 0 Å². The summed E-state index contributed by atoms with van der Waals surface area (Å²) in [5.41, 5.74) is 5.80. The SMILES string of the molecule is CC1(O)CCN(CCOc2ccc(C#CCN)cc2)CC1. The highest BCUT2D eigenvalue weighted by atomic mass is 16.5. The molecule has 4 heteroatoms. The van der Waals surface area contributed by atoms with Gasteiger partial charge in [0.05, 0.1) is 12.1 Å². The first-order chi connectivity index (χ1) is 10.1. The fourth-order valence-electron chi connectivity index (χ4n) is 2.34. The van der Waals surface area contributed by atoms with E-state index < -0.39 is 5.60 Å². The minimum atomic E-state index is -0.488. The van der Waals surface area contributed by atoms with Gasteiger partial charge in [-0.25, -0.2) is 0 Å². The minimum absolute atomic E-state index is 0.376. The van der Waals surface area contributed by atoms with E-state index in [0.29, 0.717) is 13.2 Å². The van der Waals surface area contributed by atoms with Crippen LogP contribution < -0.4 is 10.5 Å². The van der Waals surface area contributed by atoms with Crippen LogP contribution in [-0.2, 0) is 0 Å². The molecule has 2 rings (SSSR count). The molecule has 0 bridgehead atoms. The molecule has 4 nitrogen and oxygen atoms in total. The monoisotopic (exact) mass is 288 g/mol. The maximum absolute atomic E-state index is 9.91. The molecule has 114 valence electrons. The van der Waals surface area contributed by atoms with Gasteiger partial charge in [-0.3, -0.25) is 4.90 Å². The van der Waals surface area contributed by atoms with E-state index in [-0.39, 0.29) is 0 Å². The molecule has 0 amide bonds. The molecule has 1 aromatic carbocycles. The third kappa shape index (κ3) is 5.39. The molecule has 0 atom stereocenters. The summed E-state index contributed by atoms with van der Waals surface area (Å²) in [5.74, 6) is 6.67. The molecular formula is C17H24N2O2. The summed E-state index contributed by atoms with van der Waals surface area (Å²) >= 11 is 0. The molecule has 1 saturated heterocycles. The molecular weight excluding hydrogens is 264 g/mol. The summed E-state index contributed by atoms with van der Waals surface area (Å²) in [5, 5.41) is 9.91. The lowest BCUT2D eigenvalue weighted by molar-refractivity contribution is -0.00768. The van der Waals surface area contributed by atoms with Gasteiger partial charge >= 0.3 is 0 Å². The zero-order valence-electron chi connectivity index (χ0n) is 12.6. The first kappa shape index (κ1) is 15.8. The normalized spacial score (nSPS) is 17.9. The molecule has 0 aliphatic carbocycles. The van der Waals surface area contributed by atoms with Gasteiger partial charge < -0.3 is 15.6 Å². The average Bonchev–Trinajstić information content (AvgIpc) is 2.48. The zero-order chi connectivity index (χ0) is 15.1. The van der Waals surface area contributed by atoms with Crippen molar-refractivity contribution in [3.05, 3.63) is 29.8 Å². The molecule has 3 N–H and O–H groups in total. The Hall–Kier alpha value is -1.54. The van der Waals surface area contributed by atoms with Gasteiger partial charge in [0.1, 0.15) is 12.4 Å². The van der Waals surface area contributed by atoms with Crippen LogP contribution in [0, 0.1) is 11.8 Å². The highest BCUT2D eigenvalue weighted by Gasteiger charge is 2.26. The van der Waals surface area contributed by atoms with E-state index in [1.807, 2.05) is 31.2 Å². The summed E-state index contributed by atoms with van der Waals surface area (Å²) in [6.45, 7) is 5.71. The van der Waals surface area contributed by atoms with Gasteiger partial charge in [-0.05, 0) is 44.0 Å². The van der Waals surface area contributed by atoms with Crippen molar-refractivity contribution in [3.8, 4) is 17.6 Å². The van der Waals surface area contributed by atoms with E-state index >= 15 is 0 Å². The first-order valence-corrected chi connectivity index (χ1v) is 7.46. The second kappa shape index (κ2) is 7.46. The topological polar surface area (TPSA) is 58.7 Å². The number of nitrogens with two attached hydrogens (primary N) is 1. The standard InChI is InChI=1S/C17H24N2O2/c1-17(20)8-11-19(12-9-17)13-14-21-16-6-4-15(5-7-16)3-2-10-18/h4-7,20H,8-14,18H2,1H3. The Bertz CT molecular complexity index is 490. The molecule has 1 fully saturated rings. The van der Waals surface area contributed by atoms with Gasteiger partial charge in [-0.2, -0.15) is 0 Å². The third-order valence-electron chi connectivity index (χ3n) is 3.80. The maximum Gasteiger partial charge on any atom is 0.119 e. The summed E-state index contributed by atoms with van der Waals surface area (Å²) in [4.78, 5) is 2.33. The summed E-state index contributed by atoms with van der Waals surface area (Å²) < 4.78 is 5.74. The molecule has 0 unspecified atom stereocenters. The van der Waals surface area contributed by atoms with E-state index in [1.165, 1.54) is 0 Å². The largest absolute Gasteiger partial charge is 0.492 e. The van der Waals surface area contributed by atoms with E-state index in [2.05, 4.69) is 16.7 Å². The van der Waals surface area contributed by atoms with Crippen molar-refractivity contribution in [2.75, 3.05) is 32.8 Å². The molecule has 1 heterocycles. The summed E-state index contributed by atoms with van der Waals surface area (Å²) in [6.07, 6.45) is 1.67. The molecule has 0 aromatic heterocycles. The molecule has 1 aromatic rings. The van der Waals surface area contributed by atoms with Crippen molar-refractivity contribution in [1.29, 1.82) is 0 Å². The minimum Gasteiger partial charge on any atom is -0.492 e. The van der Waals surface area contributed by atoms with E-state index in [1.54, 1.807) is 0 Å². The van der Waals surface area contributed by atoms with Gasteiger partial charge in [0, 0.05) is 25.2 Å². The smallest absolute Gasteiger partial charge is 0.119 e. The Labute approximate surface area is 126 Å². The number of benzene rings is 1. The predicted octanol–water partition coefficient (Wildman–Crippen LogP) is 1.22. The Balaban J connectivity index is 1.71. The number of likely N-dealkylation sites (tertiary alicyclic amines) is 1. The third-order valence-corrected chi connectivity index (χ3v) is 3.80. The Morgan fingerprint density at radius 2 is 1.95 bits per heavy atom. The maximum atomic E-state index is 9.91. The van der Waals surface area contributed by atoms with Crippen LogP contribution in [-0.4, -0.2) is 48.4 Å². The summed E-state index contributed by atoms with van der Waals surface area (Å²) in [7, 11) is 0. The van der Waals surface area contributed by atoms with E-state index in [9.17, 15) is 5.11 Å². The number of hydrogen-bond donors (Lipinski definition) is 2. The second-order valence-electron chi connectivity index (χ2n) is 5.72. The molecule has 0 radical (unpaired) electrons. The quantitative estimate of drug-likeness (QED) is 0.818. The highest BCUT2D eigenvalue weighted by molar-refractivity contribution is 5.38. The van der Waals surface area contributed by atoms with Crippen molar-refractivity contribution >= 4 is 0 Å². The Kier molecular flexibility index (Phi) is 5.63. The lowest BCUT2D eigenvalue weighted by Crippen LogP contribution is -2.43. The number of nitrogens with zero attached hydrogens (tertiary/aromatic N) is 1. The number of rotatable bonds is 4. The van der Waals surface area contributed by atoms with Crippen LogP contribution in [0.2, 0.25) is 0 Å². The van der Waals surface area contributed by atoms with Crippen LogP contribution in [0.1, 0.15) is 25.3 Å². The van der Waals surface area contributed by atoms with Gasteiger partial charge in [-0.15, -0.1) is 0 Å². The molecule has 0 saturated carbocycles. The average molecular weight is 288 g/mol. The van der Waals surface area contributed by atoms with Crippen molar-refractivity contribution in [2.45, 2.75) is 25.4 Å². The van der Waals surface area contributed by atoms with Crippen molar-refractivity contribution in [2.24, 2.45) is 5.73 Å². The Morgan fingerprint density at radius 1 is 1.29 bits per heavy atom. The number of hydrogen-bond acceptors (Lipinski definition) is 4. The fourth-order valence-corrected chi connectivity index (χ4v) is 2.34. The second-order valence-corrected chi connectivity index (χ2v) is 5.72. The number of aliphatic hydroxyl groups is 1. The van der Waals surface area contributed by atoms with E-state index in [0.717, 1.165) is 43.8 Å². The van der Waals surface area contributed by atoms with Crippen LogP contribution >= 0.6 is 0 Å². The van der Waals surface area contributed by atoms with Crippen LogP contribution in [0.25, 0.3) is 0 Å². The number of piperidine rings is 1. The Morgan fingerprint density at radius 3 is 2.57 bits per heavy atom. The van der Waals surface area contributed by atoms with E-state index in [4.69, 9.17) is 10.5 Å². The lowest BCUT2D eigenvalue weighted by atomic mass is 9.94. The fraction of sp³-hybridized carbons (Fsp3) is 0.529. The van der Waals surface area contributed by atoms with Crippen LogP contribution in [0.4, 0.5) is 0 Å². The van der Waals surface area contributed by atoms with Crippen LogP contribution in [0.15, 0.2) is 24.3 Å². The highest BCUT2D eigenvalue weighted by Crippen LogP contribution is 2.20. The summed E-state index contributed by atoms with van der Waals surface area (Å²) in [6, 6.07) is 7.75. The first-order valence-electron chi connectivity index (χ1n) is 7.46. The lowest BCUT2D eigenvalue weighted by Gasteiger charge is -2.35. The predicted molar refractivity (Wildman–Crippen MR) is 84.2 cm³/mol. The molecule has 1 aliphatic rings. The zero-order valence-corrected chi connectivity index (χ0v) is 12.6. The molecule has 0 spiro atoms. The van der Waals surface area contributed by atoms with Crippen molar-refractivity contribution in [1.82, 2.24) is 4.90 Å². The number of ether oxygens (including phenoxy) is 1. The van der Waals surface area contributed by atoms with Crippen molar-refractivity contribution < 1.29 is 9.84 Å². The van der Waals surface area contributed by atoms with Crippen LogP contribution in [0.3, 0.4) is 0 Å². The van der Waals surface area contributed by atoms with Gasteiger partial charge in [0.2, 0.25) is 0 Å². The van der Waals surface area contributed by atoms with Gasteiger partial charge in [0.25, 0.3) is 0 Å².